The Morgan fingerprint density at radius 3 is 2.50 bits per heavy atom. The van der Waals surface area contributed by atoms with Crippen LogP contribution in [0.3, 0.4) is 0 Å². The van der Waals surface area contributed by atoms with Crippen LogP contribution in [0.25, 0.3) is 0 Å². The summed E-state index contributed by atoms with van der Waals surface area (Å²) in [5.74, 6) is 0.0166. The number of carbonyl (C=O) groups excluding carboxylic acids is 2. The van der Waals surface area contributed by atoms with Crippen LogP contribution < -0.4 is 16.0 Å². The van der Waals surface area contributed by atoms with Crippen LogP contribution in [0.2, 0.25) is 0 Å². The maximum Gasteiger partial charge on any atom is 0.251 e. The van der Waals surface area contributed by atoms with Crippen molar-refractivity contribution in [1.82, 2.24) is 10.6 Å². The predicted molar refractivity (Wildman–Crippen MR) is 90.8 cm³/mol. The molecule has 0 saturated heterocycles. The molecule has 118 valence electrons. The summed E-state index contributed by atoms with van der Waals surface area (Å²) in [6.07, 6.45) is 3.90. The molecule has 5 nitrogen and oxygen atoms in total. The van der Waals surface area contributed by atoms with Gasteiger partial charge in [-0.1, -0.05) is 13.3 Å². The van der Waals surface area contributed by atoms with E-state index in [0.717, 1.165) is 31.4 Å². The summed E-state index contributed by atoms with van der Waals surface area (Å²) < 4.78 is 0. The van der Waals surface area contributed by atoms with Gasteiger partial charge in [0.1, 0.15) is 0 Å². The van der Waals surface area contributed by atoms with E-state index in [1.54, 1.807) is 24.3 Å². The van der Waals surface area contributed by atoms with E-state index < -0.39 is 0 Å². The zero-order valence-corrected chi connectivity index (χ0v) is 13.5. The van der Waals surface area contributed by atoms with E-state index >= 15 is 0 Å². The molecule has 1 aromatic rings. The summed E-state index contributed by atoms with van der Waals surface area (Å²) in [7, 11) is 0. The smallest absolute Gasteiger partial charge is 0.251 e. The number of hydrogen-bond donors (Lipinski definition) is 3. The van der Waals surface area contributed by atoms with Crippen LogP contribution in [0.4, 0.5) is 5.69 Å². The number of thiocarbonyl (C=S) groups is 1. The first kappa shape index (κ1) is 16.4. The number of amides is 2. The summed E-state index contributed by atoms with van der Waals surface area (Å²) >= 11 is 5.09. The Morgan fingerprint density at radius 2 is 1.91 bits per heavy atom. The van der Waals surface area contributed by atoms with Crippen LogP contribution in [0.5, 0.6) is 0 Å². The van der Waals surface area contributed by atoms with Gasteiger partial charge in [-0.3, -0.25) is 9.59 Å². The first-order chi connectivity index (χ1) is 10.6. The molecule has 1 aliphatic carbocycles. The number of hydrogen-bond acceptors (Lipinski definition) is 3. The van der Waals surface area contributed by atoms with Crippen molar-refractivity contribution in [3.05, 3.63) is 29.8 Å². The summed E-state index contributed by atoms with van der Waals surface area (Å²) in [6, 6.07) is 7.00. The molecule has 0 spiro atoms. The van der Waals surface area contributed by atoms with Crippen molar-refractivity contribution in [2.24, 2.45) is 5.92 Å². The van der Waals surface area contributed by atoms with Crippen molar-refractivity contribution in [2.45, 2.75) is 32.6 Å². The molecule has 2 amide bonds. The Bertz CT molecular complexity index is 553. The van der Waals surface area contributed by atoms with Crippen molar-refractivity contribution in [3.8, 4) is 0 Å². The van der Waals surface area contributed by atoms with Crippen molar-refractivity contribution in [3.63, 3.8) is 0 Å². The Balaban J connectivity index is 1.81. The molecule has 1 aromatic carbocycles. The highest BCUT2D eigenvalue weighted by Gasteiger charge is 2.29. The average molecular weight is 319 g/mol. The fourth-order valence-electron chi connectivity index (χ4n) is 1.91. The van der Waals surface area contributed by atoms with Crippen LogP contribution in [0, 0.1) is 5.92 Å². The number of nitrogens with one attached hydrogen (secondary N) is 3. The third-order valence-corrected chi connectivity index (χ3v) is 3.61. The minimum absolute atomic E-state index is 0.0237. The lowest BCUT2D eigenvalue weighted by Crippen LogP contribution is -2.35. The van der Waals surface area contributed by atoms with Crippen molar-refractivity contribution in [1.29, 1.82) is 0 Å². The van der Waals surface area contributed by atoms with Gasteiger partial charge in [0.2, 0.25) is 5.91 Å². The second-order valence-electron chi connectivity index (χ2n) is 5.40. The van der Waals surface area contributed by atoms with E-state index in [1.165, 1.54) is 0 Å². The highest BCUT2D eigenvalue weighted by molar-refractivity contribution is 7.80. The zero-order chi connectivity index (χ0) is 15.9. The average Bonchev–Trinajstić information content (AvgIpc) is 3.32. The molecule has 2 rings (SSSR count). The lowest BCUT2D eigenvalue weighted by molar-refractivity contribution is -0.120. The normalized spacial score (nSPS) is 13.3. The molecule has 1 saturated carbocycles. The minimum Gasteiger partial charge on any atom is -0.352 e. The van der Waals surface area contributed by atoms with Gasteiger partial charge in [0.05, 0.1) is 0 Å². The Hall–Kier alpha value is -1.95. The summed E-state index contributed by atoms with van der Waals surface area (Å²) in [6.45, 7) is 2.77. The lowest BCUT2D eigenvalue weighted by Gasteiger charge is -2.10. The number of benzene rings is 1. The topological polar surface area (TPSA) is 70.2 Å². The van der Waals surface area contributed by atoms with Gasteiger partial charge in [-0.15, -0.1) is 0 Å². The quantitative estimate of drug-likeness (QED) is 0.556. The summed E-state index contributed by atoms with van der Waals surface area (Å²) in [5, 5.41) is 8.76. The molecule has 1 fully saturated rings. The van der Waals surface area contributed by atoms with E-state index in [-0.39, 0.29) is 22.8 Å². The summed E-state index contributed by atoms with van der Waals surface area (Å²) in [4.78, 5) is 23.4. The molecule has 6 heteroatoms. The molecular weight excluding hydrogens is 298 g/mol. The standard InChI is InChI=1S/C16H21N3O2S/c1-2-3-10-17-14(20)11-6-8-13(9-7-11)18-16(22)19-15(21)12-4-5-12/h6-9,12H,2-5,10H2,1H3,(H,17,20)(H2,18,19,21,22). The molecular formula is C16H21N3O2S. The monoisotopic (exact) mass is 319 g/mol. The third-order valence-electron chi connectivity index (χ3n) is 3.41. The predicted octanol–water partition coefficient (Wildman–Crippen LogP) is 2.44. The van der Waals surface area contributed by atoms with Gasteiger partial charge in [0, 0.05) is 23.7 Å². The van der Waals surface area contributed by atoms with Gasteiger partial charge < -0.3 is 16.0 Å². The fraction of sp³-hybridized carbons (Fsp3) is 0.438. The van der Waals surface area contributed by atoms with Crippen molar-refractivity contribution < 1.29 is 9.59 Å². The molecule has 0 unspecified atom stereocenters. The SMILES string of the molecule is CCCCNC(=O)c1ccc(NC(=S)NC(=O)C2CC2)cc1. The van der Waals surface area contributed by atoms with Crippen molar-refractivity contribution in [2.75, 3.05) is 11.9 Å². The Morgan fingerprint density at radius 1 is 1.23 bits per heavy atom. The molecule has 22 heavy (non-hydrogen) atoms. The molecule has 0 atom stereocenters. The van der Waals surface area contributed by atoms with E-state index in [9.17, 15) is 9.59 Å². The van der Waals surface area contributed by atoms with Crippen LogP contribution >= 0.6 is 12.2 Å². The molecule has 0 bridgehead atoms. The molecule has 1 aliphatic rings. The highest BCUT2D eigenvalue weighted by Crippen LogP contribution is 2.28. The van der Waals surface area contributed by atoms with Gasteiger partial charge >= 0.3 is 0 Å². The Kier molecular flexibility index (Phi) is 5.89. The highest BCUT2D eigenvalue weighted by atomic mass is 32.1. The van der Waals surface area contributed by atoms with Crippen LogP contribution in [-0.2, 0) is 4.79 Å². The molecule has 0 heterocycles. The molecule has 0 radical (unpaired) electrons. The zero-order valence-electron chi connectivity index (χ0n) is 12.6. The van der Waals surface area contributed by atoms with Crippen LogP contribution in [-0.4, -0.2) is 23.5 Å². The Labute approximate surface area is 135 Å². The van der Waals surface area contributed by atoms with Gasteiger partial charge in [-0.05, 0) is 55.7 Å². The maximum absolute atomic E-state index is 11.9. The summed E-state index contributed by atoms with van der Waals surface area (Å²) in [5.41, 5.74) is 1.35. The van der Waals surface area contributed by atoms with Crippen LogP contribution in [0.15, 0.2) is 24.3 Å². The van der Waals surface area contributed by atoms with Gasteiger partial charge in [0.15, 0.2) is 5.11 Å². The molecule has 3 N–H and O–H groups in total. The first-order valence-corrected chi connectivity index (χ1v) is 8.01. The fourth-order valence-corrected chi connectivity index (χ4v) is 2.13. The van der Waals surface area contributed by atoms with Gasteiger partial charge in [-0.25, -0.2) is 0 Å². The number of anilines is 1. The molecule has 0 aliphatic heterocycles. The number of rotatable bonds is 6. The van der Waals surface area contributed by atoms with Gasteiger partial charge in [-0.2, -0.15) is 0 Å². The van der Waals surface area contributed by atoms with Gasteiger partial charge in [0.25, 0.3) is 5.91 Å². The largest absolute Gasteiger partial charge is 0.352 e. The second-order valence-corrected chi connectivity index (χ2v) is 5.81. The van der Waals surface area contributed by atoms with E-state index in [0.29, 0.717) is 12.1 Å². The third kappa shape index (κ3) is 5.11. The number of carbonyl (C=O) groups is 2. The maximum atomic E-state index is 11.9. The second kappa shape index (κ2) is 7.89. The molecule has 0 aromatic heterocycles. The lowest BCUT2D eigenvalue weighted by atomic mass is 10.2. The van der Waals surface area contributed by atoms with E-state index in [2.05, 4.69) is 22.9 Å². The first-order valence-electron chi connectivity index (χ1n) is 7.60. The van der Waals surface area contributed by atoms with E-state index in [1.807, 2.05) is 0 Å². The minimum atomic E-state index is -0.0791. The van der Waals surface area contributed by atoms with Crippen LogP contribution in [0.1, 0.15) is 43.0 Å². The van der Waals surface area contributed by atoms with E-state index in [4.69, 9.17) is 12.2 Å². The number of unbranched alkanes of at least 4 members (excludes halogenated alkanes) is 1. The van der Waals surface area contributed by atoms with Crippen molar-refractivity contribution >= 4 is 34.8 Å².